The zero-order chi connectivity index (χ0) is 14.3. The Morgan fingerprint density at radius 3 is 2.47 bits per heavy atom. The van der Waals surface area contributed by atoms with E-state index >= 15 is 0 Å². The van der Waals surface area contributed by atoms with Crippen molar-refractivity contribution >= 4 is 0 Å². The van der Waals surface area contributed by atoms with Gasteiger partial charge in [0.2, 0.25) is 0 Å². The van der Waals surface area contributed by atoms with E-state index < -0.39 is 0 Å². The summed E-state index contributed by atoms with van der Waals surface area (Å²) in [4.78, 5) is 0. The summed E-state index contributed by atoms with van der Waals surface area (Å²) in [5, 5.41) is 0. The van der Waals surface area contributed by atoms with Gasteiger partial charge in [0, 0.05) is 5.92 Å². The molecule has 0 N–H and O–H groups in total. The van der Waals surface area contributed by atoms with Crippen LogP contribution in [0.25, 0.3) is 0 Å². The number of terminal acetylenes is 1. The second-order valence-corrected chi connectivity index (χ2v) is 4.57. The molecule has 102 valence electrons. The van der Waals surface area contributed by atoms with E-state index in [0.29, 0.717) is 6.61 Å². The maximum absolute atomic E-state index is 5.96. The van der Waals surface area contributed by atoms with E-state index in [1.54, 1.807) is 7.11 Å². The van der Waals surface area contributed by atoms with Gasteiger partial charge in [-0.1, -0.05) is 18.2 Å². The van der Waals surface area contributed by atoms with Gasteiger partial charge in [-0.3, -0.25) is 0 Å². The van der Waals surface area contributed by atoms with E-state index in [2.05, 4.69) is 5.92 Å². The van der Waals surface area contributed by atoms with Gasteiger partial charge in [-0.25, -0.2) is 0 Å². The molecule has 0 saturated carbocycles. The fourth-order valence-corrected chi connectivity index (χ4v) is 1.83. The predicted molar refractivity (Wildman–Crippen MR) is 79.0 cm³/mol. The molecule has 2 nitrogen and oxygen atoms in total. The van der Waals surface area contributed by atoms with Gasteiger partial charge in [0.05, 0.1) is 19.8 Å². The molecule has 0 radical (unpaired) electrons. The first-order valence-electron chi connectivity index (χ1n) is 6.45. The van der Waals surface area contributed by atoms with Crippen molar-refractivity contribution in [1.82, 2.24) is 0 Å². The Hall–Kier alpha value is -1.72. The lowest BCUT2D eigenvalue weighted by molar-refractivity contribution is 0.0445. The Kier molecular flexibility index (Phi) is 6.18. The standard InChI is InChI=1S/C17H22O2/c1-6-13(3)17(14(4)7-2)19-12-15-8-10-16(18-5)11-9-15/h1,7-11,13,17H,12H2,2-5H3/b14-7+/t13-,17-/m0/s1. The van der Waals surface area contributed by atoms with Gasteiger partial charge in [-0.15, -0.1) is 12.3 Å². The normalized spacial score (nSPS) is 14.6. The van der Waals surface area contributed by atoms with Crippen LogP contribution < -0.4 is 4.74 Å². The summed E-state index contributed by atoms with van der Waals surface area (Å²) in [6.07, 6.45) is 7.52. The molecule has 0 unspecified atom stereocenters. The molecule has 0 heterocycles. The van der Waals surface area contributed by atoms with Crippen LogP contribution in [0.5, 0.6) is 5.75 Å². The second-order valence-electron chi connectivity index (χ2n) is 4.57. The van der Waals surface area contributed by atoms with E-state index in [4.69, 9.17) is 15.9 Å². The Morgan fingerprint density at radius 2 is 2.00 bits per heavy atom. The Balaban J connectivity index is 2.68. The minimum atomic E-state index is -0.0305. The average Bonchev–Trinajstić information content (AvgIpc) is 2.47. The van der Waals surface area contributed by atoms with Crippen molar-refractivity contribution in [3.05, 3.63) is 41.5 Å². The number of methoxy groups -OCH3 is 1. The number of ether oxygens (including phenoxy) is 2. The first kappa shape index (κ1) is 15.3. The van der Waals surface area contributed by atoms with Crippen molar-refractivity contribution in [3.63, 3.8) is 0 Å². The van der Waals surface area contributed by atoms with Crippen molar-refractivity contribution in [1.29, 1.82) is 0 Å². The molecule has 1 aromatic carbocycles. The smallest absolute Gasteiger partial charge is 0.118 e. The molecule has 0 spiro atoms. The third-order valence-electron chi connectivity index (χ3n) is 3.21. The maximum atomic E-state index is 5.96. The molecule has 0 amide bonds. The quantitative estimate of drug-likeness (QED) is 0.570. The second kappa shape index (κ2) is 7.66. The number of rotatable bonds is 6. The van der Waals surface area contributed by atoms with Gasteiger partial charge >= 0.3 is 0 Å². The first-order chi connectivity index (χ1) is 9.12. The van der Waals surface area contributed by atoms with Crippen LogP contribution in [0.15, 0.2) is 35.9 Å². The highest BCUT2D eigenvalue weighted by Crippen LogP contribution is 2.19. The van der Waals surface area contributed by atoms with Crippen molar-refractivity contribution in [2.45, 2.75) is 33.5 Å². The highest BCUT2D eigenvalue weighted by Gasteiger charge is 2.17. The van der Waals surface area contributed by atoms with Crippen LogP contribution in [0, 0.1) is 18.3 Å². The van der Waals surface area contributed by atoms with Crippen molar-refractivity contribution < 1.29 is 9.47 Å². The molecule has 0 fully saturated rings. The zero-order valence-electron chi connectivity index (χ0n) is 12.1. The molecule has 1 rings (SSSR count). The molecule has 0 aromatic heterocycles. The number of allylic oxidation sites excluding steroid dienone is 1. The largest absolute Gasteiger partial charge is 0.497 e. The Bertz CT molecular complexity index is 451. The van der Waals surface area contributed by atoms with Crippen molar-refractivity contribution in [2.75, 3.05) is 7.11 Å². The molecule has 1 aromatic rings. The molecule has 0 bridgehead atoms. The number of hydrogen-bond donors (Lipinski definition) is 0. The van der Waals surface area contributed by atoms with Crippen LogP contribution in [-0.2, 0) is 11.3 Å². The highest BCUT2D eigenvalue weighted by atomic mass is 16.5. The monoisotopic (exact) mass is 258 g/mol. The lowest BCUT2D eigenvalue weighted by atomic mass is 9.99. The zero-order valence-corrected chi connectivity index (χ0v) is 12.1. The fraction of sp³-hybridized carbons (Fsp3) is 0.412. The summed E-state index contributed by atoms with van der Waals surface area (Å²) in [6.45, 7) is 6.60. The molecule has 0 aliphatic heterocycles. The van der Waals surface area contributed by atoms with Crippen LogP contribution in [0.3, 0.4) is 0 Å². The fourth-order valence-electron chi connectivity index (χ4n) is 1.83. The lowest BCUT2D eigenvalue weighted by Crippen LogP contribution is -2.22. The molecule has 0 saturated heterocycles. The molecule has 2 atom stereocenters. The van der Waals surface area contributed by atoms with Crippen molar-refractivity contribution in [3.8, 4) is 18.1 Å². The summed E-state index contributed by atoms with van der Waals surface area (Å²) in [7, 11) is 1.66. The summed E-state index contributed by atoms with van der Waals surface area (Å²) in [5.74, 6) is 3.66. The lowest BCUT2D eigenvalue weighted by Gasteiger charge is -2.22. The predicted octanol–water partition coefficient (Wildman–Crippen LogP) is 3.82. The minimum Gasteiger partial charge on any atom is -0.497 e. The molecule has 0 aliphatic carbocycles. The minimum absolute atomic E-state index is 0.0305. The molecule has 2 heteroatoms. The molecule has 19 heavy (non-hydrogen) atoms. The van der Waals surface area contributed by atoms with E-state index in [1.807, 2.05) is 51.1 Å². The summed E-state index contributed by atoms with van der Waals surface area (Å²) in [6, 6.07) is 7.87. The maximum Gasteiger partial charge on any atom is 0.118 e. The van der Waals surface area contributed by atoms with Crippen LogP contribution in [0.2, 0.25) is 0 Å². The van der Waals surface area contributed by atoms with Gasteiger partial charge in [0.15, 0.2) is 0 Å². The molecule has 0 aliphatic rings. The van der Waals surface area contributed by atoms with E-state index in [9.17, 15) is 0 Å². The number of hydrogen-bond acceptors (Lipinski definition) is 2. The summed E-state index contributed by atoms with van der Waals surface area (Å²) in [5.41, 5.74) is 2.28. The van der Waals surface area contributed by atoms with Gasteiger partial charge in [0.25, 0.3) is 0 Å². The topological polar surface area (TPSA) is 18.5 Å². The Morgan fingerprint density at radius 1 is 1.37 bits per heavy atom. The summed E-state index contributed by atoms with van der Waals surface area (Å²) < 4.78 is 11.1. The van der Waals surface area contributed by atoms with E-state index in [1.165, 1.54) is 5.57 Å². The van der Waals surface area contributed by atoms with Gasteiger partial charge in [-0.2, -0.15) is 0 Å². The van der Waals surface area contributed by atoms with E-state index in [-0.39, 0.29) is 12.0 Å². The highest BCUT2D eigenvalue weighted by molar-refractivity contribution is 5.26. The van der Waals surface area contributed by atoms with Crippen LogP contribution >= 0.6 is 0 Å². The third kappa shape index (κ3) is 4.46. The molecular formula is C17H22O2. The van der Waals surface area contributed by atoms with Crippen LogP contribution in [0.4, 0.5) is 0 Å². The van der Waals surface area contributed by atoms with Gasteiger partial charge in [-0.05, 0) is 44.0 Å². The van der Waals surface area contributed by atoms with Gasteiger partial charge < -0.3 is 9.47 Å². The SMILES string of the molecule is C#C[C@H](C)[C@H](OCc1ccc(OC)cc1)/C(C)=C/C. The molecular weight excluding hydrogens is 236 g/mol. The first-order valence-corrected chi connectivity index (χ1v) is 6.45. The van der Waals surface area contributed by atoms with Crippen LogP contribution in [0.1, 0.15) is 26.3 Å². The van der Waals surface area contributed by atoms with Crippen LogP contribution in [-0.4, -0.2) is 13.2 Å². The summed E-state index contributed by atoms with van der Waals surface area (Å²) >= 11 is 0. The van der Waals surface area contributed by atoms with E-state index in [0.717, 1.165) is 11.3 Å². The van der Waals surface area contributed by atoms with Crippen molar-refractivity contribution in [2.24, 2.45) is 5.92 Å². The van der Waals surface area contributed by atoms with Gasteiger partial charge in [0.1, 0.15) is 5.75 Å². The number of benzene rings is 1. The Labute approximate surface area is 116 Å². The average molecular weight is 258 g/mol. The third-order valence-corrected chi connectivity index (χ3v) is 3.21.